The van der Waals surface area contributed by atoms with Gasteiger partial charge in [-0.15, -0.1) is 0 Å². The molecule has 5 N–H and O–H groups in total. The normalized spacial score (nSPS) is 18.3. The molecule has 0 bridgehead atoms. The summed E-state index contributed by atoms with van der Waals surface area (Å²) in [5.41, 5.74) is 0.658. The molecular weight excluding hydrogens is 340 g/mol. The number of carboxylic acid groups (broad SMARTS) is 2. The maximum Gasteiger partial charge on any atom is 0.334 e. The Labute approximate surface area is 139 Å². The van der Waals surface area contributed by atoms with Crippen LogP contribution in [0.15, 0.2) is 30.3 Å². The lowest BCUT2D eigenvalue weighted by Crippen LogP contribution is -2.41. The second-order valence-corrected chi connectivity index (χ2v) is 6.35. The fraction of sp³-hybridized carbons (Fsp3) is 0.429. The van der Waals surface area contributed by atoms with E-state index in [9.17, 15) is 18.0 Å². The molecule has 24 heavy (non-hydrogen) atoms. The van der Waals surface area contributed by atoms with Crippen LogP contribution in [0.25, 0.3) is 0 Å². The Morgan fingerprint density at radius 3 is 2.25 bits per heavy atom. The van der Waals surface area contributed by atoms with E-state index in [1.165, 1.54) is 0 Å². The minimum Gasteiger partial charge on any atom is -0.480 e. The number of aliphatic carboxylic acids is 2. The summed E-state index contributed by atoms with van der Waals surface area (Å²) in [5.74, 6) is -2.07. The molecule has 1 unspecified atom stereocenters. The molecule has 134 valence electrons. The molecule has 0 aromatic heterocycles. The number of benzene rings is 1. The second kappa shape index (κ2) is 9.33. The van der Waals surface area contributed by atoms with E-state index in [0.29, 0.717) is 5.56 Å². The Morgan fingerprint density at radius 1 is 1.25 bits per heavy atom. The van der Waals surface area contributed by atoms with Crippen LogP contribution in [0.3, 0.4) is 0 Å². The first-order chi connectivity index (χ1) is 11.2. The third-order valence-corrected chi connectivity index (χ3v) is 3.81. The van der Waals surface area contributed by atoms with Gasteiger partial charge in [-0.25, -0.2) is 0 Å². The molecule has 10 heteroatoms. The fourth-order valence-corrected chi connectivity index (χ4v) is 2.65. The van der Waals surface area contributed by atoms with Gasteiger partial charge in [0.15, 0.2) is 0 Å². The minimum absolute atomic E-state index is 0.0318. The molecule has 0 spiro atoms. The van der Waals surface area contributed by atoms with E-state index in [1.807, 2.05) is 0 Å². The van der Waals surface area contributed by atoms with E-state index in [1.54, 1.807) is 35.1 Å². The number of hydrogen-bond donors (Lipinski definition) is 5. The third kappa shape index (κ3) is 8.02. The van der Waals surface area contributed by atoms with Crippen molar-refractivity contribution in [2.24, 2.45) is 0 Å². The average Bonchev–Trinajstić information content (AvgIpc) is 3.01. The summed E-state index contributed by atoms with van der Waals surface area (Å²) in [6.07, 6.45) is 1.75. The molecule has 0 saturated carbocycles. The van der Waals surface area contributed by atoms with Gasteiger partial charge in [-0.2, -0.15) is 13.1 Å². The molecule has 1 aliphatic heterocycles. The van der Waals surface area contributed by atoms with Gasteiger partial charge in [0, 0.05) is 0 Å². The molecule has 0 amide bonds. The number of carboxylic acids is 2. The quantitative estimate of drug-likeness (QED) is 0.441. The van der Waals surface area contributed by atoms with Crippen LogP contribution in [0.1, 0.15) is 18.4 Å². The van der Waals surface area contributed by atoms with Gasteiger partial charge in [0.25, 0.3) is 0 Å². The van der Waals surface area contributed by atoms with Gasteiger partial charge >= 0.3 is 22.2 Å². The predicted molar refractivity (Wildman–Crippen MR) is 84.9 cm³/mol. The minimum atomic E-state index is -4.52. The summed E-state index contributed by atoms with van der Waals surface area (Å²) in [6.45, 7) is 0.858. The number of hydrogen-bond acceptors (Lipinski definition) is 5. The van der Waals surface area contributed by atoms with E-state index < -0.39 is 28.3 Å². The smallest absolute Gasteiger partial charge is 0.334 e. The second-order valence-electron chi connectivity index (χ2n) is 5.16. The summed E-state index contributed by atoms with van der Waals surface area (Å²) >= 11 is 0. The van der Waals surface area contributed by atoms with Crippen molar-refractivity contribution < 1.29 is 32.8 Å². The van der Waals surface area contributed by atoms with Crippen molar-refractivity contribution in [2.75, 3.05) is 6.54 Å². The third-order valence-electron chi connectivity index (χ3n) is 3.23. The molecule has 1 heterocycles. The first-order valence-electron chi connectivity index (χ1n) is 7.16. The van der Waals surface area contributed by atoms with Crippen molar-refractivity contribution in [3.05, 3.63) is 35.9 Å². The average molecular weight is 360 g/mol. The van der Waals surface area contributed by atoms with E-state index >= 15 is 0 Å². The Balaban J connectivity index is 0.000000300. The topological polar surface area (TPSA) is 153 Å². The van der Waals surface area contributed by atoms with Crippen LogP contribution in [0, 0.1) is 0 Å². The highest BCUT2D eigenvalue weighted by atomic mass is 32.2. The van der Waals surface area contributed by atoms with Crippen molar-refractivity contribution in [2.45, 2.75) is 31.3 Å². The molecule has 2 atom stereocenters. The highest BCUT2D eigenvalue weighted by Crippen LogP contribution is 2.04. The van der Waals surface area contributed by atoms with Crippen molar-refractivity contribution in [3.63, 3.8) is 0 Å². The zero-order chi connectivity index (χ0) is 18.2. The zero-order valence-electron chi connectivity index (χ0n) is 12.8. The predicted octanol–water partition coefficient (Wildman–Crippen LogP) is -0.102. The highest BCUT2D eigenvalue weighted by molar-refractivity contribution is 7.83. The molecule has 1 saturated heterocycles. The molecule has 2 rings (SSSR count). The van der Waals surface area contributed by atoms with Gasteiger partial charge in [-0.1, -0.05) is 30.3 Å². The van der Waals surface area contributed by atoms with E-state index in [-0.39, 0.29) is 12.5 Å². The molecule has 9 nitrogen and oxygen atoms in total. The van der Waals surface area contributed by atoms with Gasteiger partial charge in [-0.3, -0.25) is 14.1 Å². The van der Waals surface area contributed by atoms with Crippen LogP contribution >= 0.6 is 0 Å². The highest BCUT2D eigenvalue weighted by Gasteiger charge is 2.22. The summed E-state index contributed by atoms with van der Waals surface area (Å²) < 4.78 is 31.2. The molecule has 1 aliphatic rings. The van der Waals surface area contributed by atoms with Crippen LogP contribution in [0.4, 0.5) is 0 Å². The summed E-state index contributed by atoms with van der Waals surface area (Å²) in [6, 6.07) is 6.87. The summed E-state index contributed by atoms with van der Waals surface area (Å²) in [7, 11) is -4.52. The van der Waals surface area contributed by atoms with E-state index in [4.69, 9.17) is 14.8 Å². The van der Waals surface area contributed by atoms with Crippen LogP contribution in [-0.4, -0.2) is 53.8 Å². The molecule has 1 aromatic rings. The van der Waals surface area contributed by atoms with Crippen LogP contribution in [0.2, 0.25) is 0 Å². The first-order valence-corrected chi connectivity index (χ1v) is 8.60. The van der Waals surface area contributed by atoms with Gasteiger partial charge in [0.1, 0.15) is 12.1 Å². The molecule has 0 aliphatic carbocycles. The van der Waals surface area contributed by atoms with Crippen molar-refractivity contribution in [1.82, 2.24) is 10.0 Å². The summed E-state index contributed by atoms with van der Waals surface area (Å²) in [5, 5.41) is 20.0. The maximum absolute atomic E-state index is 10.7. The van der Waals surface area contributed by atoms with Crippen molar-refractivity contribution in [3.8, 4) is 0 Å². The van der Waals surface area contributed by atoms with Crippen molar-refractivity contribution >= 4 is 22.2 Å². The zero-order valence-corrected chi connectivity index (χ0v) is 13.6. The Hall–Kier alpha value is -2.01. The lowest BCUT2D eigenvalue weighted by molar-refractivity contribution is -0.139. The van der Waals surface area contributed by atoms with E-state index in [0.717, 1.165) is 19.4 Å². The van der Waals surface area contributed by atoms with Gasteiger partial charge in [0.2, 0.25) is 0 Å². The lowest BCUT2D eigenvalue weighted by atomic mass is 10.1. The van der Waals surface area contributed by atoms with Crippen LogP contribution in [0.5, 0.6) is 0 Å². The first kappa shape index (κ1) is 20.0. The number of carbonyl (C=O) groups is 2. The van der Waals surface area contributed by atoms with Crippen molar-refractivity contribution in [1.29, 1.82) is 0 Å². The van der Waals surface area contributed by atoms with Gasteiger partial charge in [-0.05, 0) is 31.4 Å². The van der Waals surface area contributed by atoms with E-state index in [2.05, 4.69) is 5.32 Å². The van der Waals surface area contributed by atoms with Gasteiger partial charge in [0.05, 0.1) is 0 Å². The number of rotatable bonds is 6. The molecule has 1 aromatic carbocycles. The maximum atomic E-state index is 10.7. The number of nitrogens with one attached hydrogen (secondary N) is 2. The summed E-state index contributed by atoms with van der Waals surface area (Å²) in [4.78, 5) is 20.9. The lowest BCUT2D eigenvalue weighted by Gasteiger charge is -2.11. The van der Waals surface area contributed by atoms with Gasteiger partial charge < -0.3 is 15.5 Å². The Kier molecular flexibility index (Phi) is 7.79. The standard InChI is InChI=1S/C9H11NO5S.C5H9NO2/c11-9(12)8(10-16(13,14)15)6-7-4-2-1-3-5-7;7-5(8)4-2-1-3-6-4/h1-5,8,10H,6H2,(H,11,12)(H,13,14,15);4,6H,1-3H2,(H,7,8)/t;4-/m.0/s1. The Morgan fingerprint density at radius 2 is 1.88 bits per heavy atom. The molecular formula is C14H20N2O7S. The van der Waals surface area contributed by atoms with Crippen LogP contribution in [-0.2, 0) is 26.3 Å². The Bertz CT molecular complexity index is 642. The SMILES string of the molecule is O=C(O)C(Cc1ccccc1)NS(=O)(=O)O.O=C(O)[C@@H]1CCCN1. The molecule has 1 fully saturated rings. The molecule has 0 radical (unpaired) electrons. The largest absolute Gasteiger partial charge is 0.480 e. The fourth-order valence-electron chi connectivity index (χ4n) is 2.10. The van der Waals surface area contributed by atoms with Crippen LogP contribution < -0.4 is 10.0 Å². The monoisotopic (exact) mass is 360 g/mol.